The van der Waals surface area contributed by atoms with Crippen molar-refractivity contribution in [1.29, 1.82) is 0 Å². The lowest BCUT2D eigenvalue weighted by atomic mass is 9.78. The Morgan fingerprint density at radius 1 is 0.500 bits per heavy atom. The summed E-state index contributed by atoms with van der Waals surface area (Å²) in [5.74, 6) is -11.7. The molecule has 6 aliphatic rings. The van der Waals surface area contributed by atoms with Gasteiger partial charge >= 0.3 is 47.7 Å². The molecule has 3 unspecified atom stereocenters. The standard InChI is InChI=1S/C24H34F2N4O4.C19H26F2N4O2.C13H17N3O5.C11H19F2N/c1-15-13-17(14-27-19(15)29-22(33)34-23(2,3)4)28-20(31)21(32)30-12-6-5-7-18(30)16-8-10-24(25,26)11-9-16;1-12-10-14(11-23-16(12)22)24-17(26)18(27)25-9-3-2-4-15(25)13-5-7-19(20,21)8-6-13;1-7-5-8(15-10(17)11(18)19)6-14-9(7)16-12(20)21-13(2,3)4;12-11(13)6-4-9(5-7-11)10-3-1-2-8-14-10/h13-14,16,18H,5-12H2,1-4H3,(H,28,31)(H,27,29,33);10-11,13,15H,2-9H2,1H3,(H2,22,23)(H,24,26);5-6H,1-4H3,(H,15,17)(H,18,19)(H,14,16,20);9-10,14H,1-8H2. The second-order valence-corrected chi connectivity index (χ2v) is 27.9. The van der Waals surface area contributed by atoms with E-state index in [-0.39, 0.29) is 79.8 Å². The van der Waals surface area contributed by atoms with E-state index >= 15 is 0 Å². The van der Waals surface area contributed by atoms with E-state index in [1.165, 1.54) is 43.9 Å². The Bertz CT molecular complexity index is 3180. The van der Waals surface area contributed by atoms with Crippen LogP contribution in [0.3, 0.4) is 0 Å². The van der Waals surface area contributed by atoms with Crippen LogP contribution in [-0.4, -0.2) is 144 Å². The highest BCUT2D eigenvalue weighted by atomic mass is 19.3. The minimum Gasteiger partial charge on any atom is -0.474 e. The highest BCUT2D eigenvalue weighted by Gasteiger charge is 2.44. The number of rotatable bonds is 8. The number of nitrogens with zero attached hydrogens (tertiary/aromatic N) is 5. The molecule has 29 heteroatoms. The maximum Gasteiger partial charge on any atom is 0.413 e. The molecule has 532 valence electrons. The van der Waals surface area contributed by atoms with Crippen LogP contribution >= 0.6 is 0 Å². The number of aryl methyl sites for hydroxylation is 3. The van der Waals surface area contributed by atoms with Crippen LogP contribution < -0.4 is 37.6 Å². The number of aromatic nitrogens is 3. The van der Waals surface area contributed by atoms with Crippen LogP contribution in [-0.2, 0) is 38.2 Å². The zero-order valence-electron chi connectivity index (χ0n) is 56.5. The minimum atomic E-state index is -2.63. The monoisotopic (exact) mass is 1360 g/mol. The van der Waals surface area contributed by atoms with Gasteiger partial charge in [-0.25, -0.2) is 55.7 Å². The van der Waals surface area contributed by atoms with Crippen molar-refractivity contribution >= 4 is 82.2 Å². The lowest BCUT2D eigenvalue weighted by molar-refractivity contribution is -0.147. The molecule has 0 radical (unpaired) electrons. The Balaban J connectivity index is 0.000000211. The number of likely N-dealkylation sites (tertiary alicyclic amines) is 2. The molecular weight excluding hydrogens is 1260 g/mol. The molecule has 3 saturated heterocycles. The van der Waals surface area contributed by atoms with Crippen molar-refractivity contribution in [3.05, 3.63) is 53.5 Å². The number of hydrogen-bond donors (Lipinski definition) is 8. The third kappa shape index (κ3) is 24.7. The number of nitrogens with two attached hydrogens (primary N) is 1. The number of carbonyl (C=O) groups is 8. The number of carboxylic acids is 1. The van der Waals surface area contributed by atoms with E-state index in [4.69, 9.17) is 20.3 Å². The summed E-state index contributed by atoms with van der Waals surface area (Å²) in [6.45, 7) is 17.6. The van der Waals surface area contributed by atoms with E-state index in [0.29, 0.717) is 97.5 Å². The first-order valence-electron chi connectivity index (χ1n) is 33.2. The van der Waals surface area contributed by atoms with Crippen molar-refractivity contribution in [2.75, 3.05) is 52.0 Å². The van der Waals surface area contributed by atoms with E-state index < -0.39 is 76.7 Å². The van der Waals surface area contributed by atoms with Gasteiger partial charge in [-0.1, -0.05) is 6.42 Å². The van der Waals surface area contributed by atoms with E-state index in [0.717, 1.165) is 45.1 Å². The average Bonchev–Trinajstić information content (AvgIpc) is 0.816. The Kier molecular flexibility index (Phi) is 27.2. The van der Waals surface area contributed by atoms with Crippen molar-refractivity contribution in [2.24, 2.45) is 17.8 Å². The third-order valence-electron chi connectivity index (χ3n) is 17.8. The van der Waals surface area contributed by atoms with Crippen LogP contribution in [0.5, 0.6) is 0 Å². The number of aliphatic carboxylic acids is 1. The zero-order chi connectivity index (χ0) is 70.9. The summed E-state index contributed by atoms with van der Waals surface area (Å²) in [6, 6.07) is 4.94. The summed E-state index contributed by atoms with van der Waals surface area (Å²) >= 11 is 0. The fourth-order valence-corrected chi connectivity index (χ4v) is 12.9. The first kappa shape index (κ1) is 77.2. The van der Waals surface area contributed by atoms with E-state index in [2.05, 4.69) is 46.9 Å². The van der Waals surface area contributed by atoms with Crippen LogP contribution in [0.1, 0.15) is 193 Å². The smallest absolute Gasteiger partial charge is 0.413 e. The van der Waals surface area contributed by atoms with Gasteiger partial charge in [-0.05, 0) is 211 Å². The topological polar surface area (TPSA) is 319 Å². The first-order chi connectivity index (χ1) is 44.9. The molecule has 96 heavy (non-hydrogen) atoms. The van der Waals surface area contributed by atoms with Gasteiger partial charge < -0.3 is 51.4 Å². The molecule has 3 aliphatic carbocycles. The number of pyridine rings is 3. The van der Waals surface area contributed by atoms with Crippen LogP contribution in [0.15, 0.2) is 36.8 Å². The third-order valence-corrected chi connectivity index (χ3v) is 17.8. The molecule has 0 bridgehead atoms. The van der Waals surface area contributed by atoms with E-state index in [9.17, 15) is 64.7 Å². The maximum atomic E-state index is 13.6. The SMILES string of the molecule is Cc1cc(NC(=O)C(=O)N2CCCCC2C2CCC(F)(F)CC2)cnc1N.Cc1cc(NC(=O)C(=O)N2CCCCC2C2CCC(F)(F)CC2)cnc1NC(=O)OC(C)(C)C.Cc1cc(NC(=O)C(=O)O)cnc1NC(=O)OC(C)(C)C.FC1(F)CCC(C2CCCCN2)CC1. The number of piperidine rings is 3. The number of carboxylic acid groups (broad SMARTS) is 1. The molecule has 6 heterocycles. The van der Waals surface area contributed by atoms with Crippen molar-refractivity contribution in [3.63, 3.8) is 0 Å². The number of alkyl halides is 6. The Hall–Kier alpha value is -7.85. The largest absolute Gasteiger partial charge is 0.474 e. The highest BCUT2D eigenvalue weighted by Crippen LogP contribution is 2.43. The molecule has 9 N–H and O–H groups in total. The summed E-state index contributed by atoms with van der Waals surface area (Å²) in [6.07, 6.45) is 13.9. The fourth-order valence-electron chi connectivity index (χ4n) is 12.9. The van der Waals surface area contributed by atoms with Crippen LogP contribution in [0.25, 0.3) is 0 Å². The van der Waals surface area contributed by atoms with Gasteiger partial charge in [0.05, 0.1) is 35.7 Å². The predicted octanol–water partition coefficient (Wildman–Crippen LogP) is 12.7. The van der Waals surface area contributed by atoms with Crippen molar-refractivity contribution in [1.82, 2.24) is 30.1 Å². The second-order valence-electron chi connectivity index (χ2n) is 27.9. The minimum absolute atomic E-state index is 0.0150. The van der Waals surface area contributed by atoms with Gasteiger partial charge in [-0.15, -0.1) is 0 Å². The van der Waals surface area contributed by atoms with Gasteiger partial charge in [0.1, 0.15) is 28.7 Å². The molecule has 3 aromatic rings. The summed E-state index contributed by atoms with van der Waals surface area (Å²) in [5, 5.41) is 24.3. The predicted molar refractivity (Wildman–Crippen MR) is 350 cm³/mol. The fraction of sp³-hybridized carbons (Fsp3) is 0.657. The number of carbonyl (C=O) groups excluding carboxylic acids is 7. The zero-order valence-corrected chi connectivity index (χ0v) is 56.5. The van der Waals surface area contributed by atoms with Crippen molar-refractivity contribution < 1.29 is 79.3 Å². The summed E-state index contributed by atoms with van der Waals surface area (Å²) in [7, 11) is 0. The van der Waals surface area contributed by atoms with Gasteiger partial charge in [0.25, 0.3) is 0 Å². The lowest BCUT2D eigenvalue weighted by Gasteiger charge is -2.42. The Morgan fingerprint density at radius 2 is 0.854 bits per heavy atom. The first-order valence-corrected chi connectivity index (χ1v) is 33.2. The lowest BCUT2D eigenvalue weighted by Crippen LogP contribution is -2.52. The van der Waals surface area contributed by atoms with Gasteiger partial charge in [0.2, 0.25) is 17.8 Å². The molecule has 3 aliphatic heterocycles. The highest BCUT2D eigenvalue weighted by molar-refractivity contribution is 6.40. The maximum absolute atomic E-state index is 13.6. The van der Waals surface area contributed by atoms with Crippen molar-refractivity contribution in [3.8, 4) is 0 Å². The number of amides is 7. The Morgan fingerprint density at radius 3 is 1.20 bits per heavy atom. The number of nitrogens with one attached hydrogen (secondary N) is 6. The van der Waals surface area contributed by atoms with Gasteiger partial charge in [-0.3, -0.25) is 34.6 Å². The number of nitrogen functional groups attached to an aromatic ring is 1. The van der Waals surface area contributed by atoms with Gasteiger partial charge in [0, 0.05) is 69.7 Å². The van der Waals surface area contributed by atoms with Crippen LogP contribution in [0, 0.1) is 38.5 Å². The van der Waals surface area contributed by atoms with E-state index in [1.54, 1.807) is 84.2 Å². The normalized spacial score (nSPS) is 21.3. The quantitative estimate of drug-likeness (QED) is 0.0767. The summed E-state index contributed by atoms with van der Waals surface area (Å²) in [5.41, 5.74) is 7.15. The van der Waals surface area contributed by atoms with Gasteiger partial charge in [-0.2, -0.15) is 0 Å². The summed E-state index contributed by atoms with van der Waals surface area (Å²) < 4.78 is 90.3. The Labute approximate surface area is 557 Å². The molecule has 3 aromatic heterocycles. The molecule has 3 saturated carbocycles. The molecule has 0 aromatic carbocycles. The number of hydrogen-bond acceptors (Lipinski definition) is 15. The second kappa shape index (κ2) is 33.9. The molecule has 7 amide bonds. The van der Waals surface area contributed by atoms with Crippen molar-refractivity contribution in [2.45, 2.75) is 244 Å². The molecular formula is C67H96F6N12O11. The average molecular weight is 1360 g/mol. The van der Waals surface area contributed by atoms with E-state index in [1.807, 2.05) is 0 Å². The number of halogens is 6. The number of ether oxygens (including phenoxy) is 2. The van der Waals surface area contributed by atoms with Gasteiger partial charge in [0.15, 0.2) is 0 Å². The summed E-state index contributed by atoms with van der Waals surface area (Å²) in [4.78, 5) is 111. The molecule has 23 nitrogen and oxygen atoms in total. The molecule has 0 spiro atoms. The van der Waals surface area contributed by atoms with Crippen LogP contribution in [0.4, 0.5) is 70.4 Å². The number of anilines is 6. The molecule has 6 fully saturated rings. The molecule has 9 rings (SSSR count). The van der Waals surface area contributed by atoms with Crippen LogP contribution in [0.2, 0.25) is 0 Å². The molecule has 3 atom stereocenters.